The summed E-state index contributed by atoms with van der Waals surface area (Å²) in [7, 11) is 0. The van der Waals surface area contributed by atoms with Gasteiger partial charge >= 0.3 is 5.97 Å². The summed E-state index contributed by atoms with van der Waals surface area (Å²) in [5.41, 5.74) is 1.10. The molecule has 0 saturated carbocycles. The van der Waals surface area contributed by atoms with Crippen LogP contribution in [0.25, 0.3) is 0 Å². The van der Waals surface area contributed by atoms with E-state index in [2.05, 4.69) is 4.74 Å². The van der Waals surface area contributed by atoms with Gasteiger partial charge in [0, 0.05) is 17.1 Å². The van der Waals surface area contributed by atoms with Crippen molar-refractivity contribution in [3.63, 3.8) is 0 Å². The predicted molar refractivity (Wildman–Crippen MR) is 76.2 cm³/mol. The number of carbonyl (C=O) groups excluding carboxylic acids is 1. The molecule has 0 bridgehead atoms. The van der Waals surface area contributed by atoms with E-state index in [1.165, 1.54) is 0 Å². The lowest BCUT2D eigenvalue weighted by atomic mass is 10.2. The van der Waals surface area contributed by atoms with Gasteiger partial charge in [-0.2, -0.15) is 5.26 Å². The molecule has 0 aromatic heterocycles. The molecule has 19 heavy (non-hydrogen) atoms. The first-order valence-electron chi connectivity index (χ1n) is 5.79. The first kappa shape index (κ1) is 14.1. The van der Waals surface area contributed by atoms with Crippen molar-refractivity contribution in [2.24, 2.45) is 0 Å². The molecule has 0 atom stereocenters. The minimum atomic E-state index is -0.525. The van der Waals surface area contributed by atoms with E-state index in [1.54, 1.807) is 6.07 Å². The average Bonchev–Trinajstić information content (AvgIpc) is 2.97. The number of rotatable bonds is 5. The molecule has 1 aliphatic rings. The van der Waals surface area contributed by atoms with Gasteiger partial charge in [-0.05, 0) is 6.07 Å². The Morgan fingerprint density at radius 1 is 1.37 bits per heavy atom. The van der Waals surface area contributed by atoms with E-state index in [4.69, 9.17) is 10.00 Å². The van der Waals surface area contributed by atoms with Gasteiger partial charge in [0.1, 0.15) is 11.8 Å². The van der Waals surface area contributed by atoms with Crippen LogP contribution in [0.2, 0.25) is 0 Å². The van der Waals surface area contributed by atoms with Crippen LogP contribution >= 0.6 is 23.5 Å². The molecule has 4 nitrogen and oxygen atoms in total. The van der Waals surface area contributed by atoms with Gasteiger partial charge in [0.2, 0.25) is 0 Å². The third-order valence-corrected chi connectivity index (χ3v) is 5.51. The zero-order valence-electron chi connectivity index (χ0n) is 10.2. The number of hydrogen-bond donors (Lipinski definition) is 0. The molecule has 1 aromatic rings. The lowest BCUT2D eigenvalue weighted by molar-refractivity contribution is -0.144. The highest BCUT2D eigenvalue weighted by Crippen LogP contribution is 2.48. The number of nitrogens with zero attached hydrogens (tertiary/aromatic N) is 1. The third-order valence-electron chi connectivity index (χ3n) is 2.44. The molecule has 1 aliphatic heterocycles. The lowest BCUT2D eigenvalue weighted by Crippen LogP contribution is -2.15. The Balaban J connectivity index is 1.96. The maximum absolute atomic E-state index is 11.3. The summed E-state index contributed by atoms with van der Waals surface area (Å²) in [5.74, 6) is 2.45. The zero-order chi connectivity index (χ0) is 13.5. The monoisotopic (exact) mass is 295 g/mol. The molecule has 6 heteroatoms. The van der Waals surface area contributed by atoms with Gasteiger partial charge < -0.3 is 9.47 Å². The Morgan fingerprint density at radius 3 is 2.84 bits per heavy atom. The molecule has 1 aromatic carbocycles. The van der Waals surface area contributed by atoms with Crippen molar-refractivity contribution in [1.82, 2.24) is 0 Å². The van der Waals surface area contributed by atoms with E-state index in [0.29, 0.717) is 10.3 Å². The van der Waals surface area contributed by atoms with Crippen LogP contribution < -0.4 is 4.74 Å². The SMILES string of the molecule is N#CCOC(=O)COc1ccccc1C1SCCS1. The van der Waals surface area contributed by atoms with Crippen molar-refractivity contribution >= 4 is 29.5 Å². The predicted octanol–water partition coefficient (Wildman–Crippen LogP) is 2.61. The number of thioether (sulfide) groups is 2. The third kappa shape index (κ3) is 4.08. The Bertz CT molecular complexity index is 481. The lowest BCUT2D eigenvalue weighted by Gasteiger charge is -2.14. The van der Waals surface area contributed by atoms with Gasteiger partial charge in [0.05, 0.1) is 4.58 Å². The average molecular weight is 295 g/mol. The van der Waals surface area contributed by atoms with Gasteiger partial charge in [0.15, 0.2) is 13.2 Å². The van der Waals surface area contributed by atoms with E-state index in [1.807, 2.05) is 47.8 Å². The number of benzene rings is 1. The summed E-state index contributed by atoms with van der Waals surface area (Å²) in [5, 5.41) is 8.31. The molecule has 0 spiro atoms. The van der Waals surface area contributed by atoms with Crippen LogP contribution in [0.1, 0.15) is 10.1 Å². The number of hydrogen-bond acceptors (Lipinski definition) is 6. The van der Waals surface area contributed by atoms with Gasteiger partial charge in [-0.1, -0.05) is 18.2 Å². The minimum Gasteiger partial charge on any atom is -0.482 e. The van der Waals surface area contributed by atoms with Crippen LogP contribution in [0, 0.1) is 11.3 Å². The molecular weight excluding hydrogens is 282 g/mol. The maximum atomic E-state index is 11.3. The number of para-hydroxylation sites is 1. The summed E-state index contributed by atoms with van der Waals surface area (Å²) in [6, 6.07) is 9.47. The normalized spacial score (nSPS) is 14.9. The van der Waals surface area contributed by atoms with Crippen molar-refractivity contribution in [3.8, 4) is 11.8 Å². The van der Waals surface area contributed by atoms with Gasteiger partial charge in [-0.25, -0.2) is 4.79 Å². The van der Waals surface area contributed by atoms with Crippen molar-refractivity contribution in [3.05, 3.63) is 29.8 Å². The summed E-state index contributed by atoms with van der Waals surface area (Å²) >= 11 is 3.76. The van der Waals surface area contributed by atoms with Crippen LogP contribution in [-0.4, -0.2) is 30.7 Å². The topological polar surface area (TPSA) is 59.3 Å². The standard InChI is InChI=1S/C13H13NO3S2/c14-5-6-16-12(15)9-17-11-4-2-1-3-10(11)13-18-7-8-19-13/h1-4,13H,6-9H2. The Kier molecular flexibility index (Phi) is 5.43. The Labute approximate surface area is 120 Å². The number of ether oxygens (including phenoxy) is 2. The summed E-state index contributed by atoms with van der Waals surface area (Å²) in [4.78, 5) is 11.3. The van der Waals surface area contributed by atoms with E-state index >= 15 is 0 Å². The second-order valence-corrected chi connectivity index (χ2v) is 6.44. The highest BCUT2D eigenvalue weighted by molar-refractivity contribution is 8.19. The van der Waals surface area contributed by atoms with E-state index in [0.717, 1.165) is 17.1 Å². The molecule has 1 saturated heterocycles. The molecule has 1 fully saturated rings. The van der Waals surface area contributed by atoms with Crippen molar-refractivity contribution in [2.75, 3.05) is 24.7 Å². The molecule has 2 rings (SSSR count). The molecule has 0 radical (unpaired) electrons. The van der Waals surface area contributed by atoms with E-state index in [9.17, 15) is 4.79 Å². The molecule has 100 valence electrons. The summed E-state index contributed by atoms with van der Waals surface area (Å²) in [6.07, 6.45) is 0. The molecular formula is C13H13NO3S2. The Morgan fingerprint density at radius 2 is 2.11 bits per heavy atom. The smallest absolute Gasteiger partial charge is 0.345 e. The van der Waals surface area contributed by atoms with Crippen LogP contribution in [0.15, 0.2) is 24.3 Å². The van der Waals surface area contributed by atoms with Gasteiger partial charge in [-0.3, -0.25) is 0 Å². The number of nitriles is 1. The second-order valence-electron chi connectivity index (χ2n) is 3.72. The highest BCUT2D eigenvalue weighted by atomic mass is 32.2. The zero-order valence-corrected chi connectivity index (χ0v) is 11.8. The van der Waals surface area contributed by atoms with Crippen molar-refractivity contribution in [1.29, 1.82) is 5.26 Å². The van der Waals surface area contributed by atoms with Gasteiger partial charge in [0.25, 0.3) is 0 Å². The Hall–Kier alpha value is -1.32. The first-order chi connectivity index (χ1) is 9.31. The van der Waals surface area contributed by atoms with Crippen LogP contribution in [-0.2, 0) is 9.53 Å². The molecule has 0 aliphatic carbocycles. The fourth-order valence-electron chi connectivity index (χ4n) is 1.64. The van der Waals surface area contributed by atoms with Crippen molar-refractivity contribution in [2.45, 2.75) is 4.58 Å². The second kappa shape index (κ2) is 7.31. The van der Waals surface area contributed by atoms with E-state index < -0.39 is 5.97 Å². The van der Waals surface area contributed by atoms with Crippen LogP contribution in [0.3, 0.4) is 0 Å². The molecule has 0 N–H and O–H groups in total. The summed E-state index contributed by atoms with van der Waals surface area (Å²) in [6.45, 7) is -0.404. The summed E-state index contributed by atoms with van der Waals surface area (Å²) < 4.78 is 10.5. The van der Waals surface area contributed by atoms with Crippen molar-refractivity contribution < 1.29 is 14.3 Å². The molecule has 0 amide bonds. The maximum Gasteiger partial charge on any atom is 0.345 e. The first-order valence-corrected chi connectivity index (χ1v) is 7.88. The van der Waals surface area contributed by atoms with Gasteiger partial charge in [-0.15, -0.1) is 23.5 Å². The highest BCUT2D eigenvalue weighted by Gasteiger charge is 2.21. The number of esters is 1. The minimum absolute atomic E-state index is 0.166. The molecule has 1 heterocycles. The largest absolute Gasteiger partial charge is 0.482 e. The van der Waals surface area contributed by atoms with E-state index in [-0.39, 0.29) is 13.2 Å². The molecule has 0 unspecified atom stereocenters. The fraction of sp³-hybridized carbons (Fsp3) is 0.385. The van der Waals surface area contributed by atoms with Crippen LogP contribution in [0.4, 0.5) is 0 Å². The fourth-order valence-corrected chi connectivity index (χ4v) is 4.54. The van der Waals surface area contributed by atoms with Crippen LogP contribution in [0.5, 0.6) is 5.75 Å². The number of carbonyl (C=O) groups is 1. The quantitative estimate of drug-likeness (QED) is 0.778.